The van der Waals surface area contributed by atoms with Crippen molar-refractivity contribution in [2.45, 2.75) is 19.3 Å². The molecule has 0 radical (unpaired) electrons. The molecule has 0 spiro atoms. The molecule has 1 aliphatic rings. The van der Waals surface area contributed by atoms with Gasteiger partial charge >= 0.3 is 0 Å². The van der Waals surface area contributed by atoms with Gasteiger partial charge in [0.15, 0.2) is 0 Å². The number of benzene rings is 6. The molecule has 0 bridgehead atoms. The zero-order chi connectivity index (χ0) is 27.7. The average molecular weight is 572 g/mol. The van der Waals surface area contributed by atoms with E-state index in [1.54, 1.807) is 0 Å². The van der Waals surface area contributed by atoms with Crippen LogP contribution in [0.3, 0.4) is 0 Å². The van der Waals surface area contributed by atoms with Crippen LogP contribution in [0.5, 0.6) is 0 Å². The van der Waals surface area contributed by atoms with E-state index in [2.05, 4.69) is 134 Å². The minimum Gasteiger partial charge on any atom is -0.309 e. The van der Waals surface area contributed by atoms with E-state index in [0.29, 0.717) is 0 Å². The predicted molar refractivity (Wildman–Crippen MR) is 184 cm³/mol. The summed E-state index contributed by atoms with van der Waals surface area (Å²) >= 11 is 3.84. The molecule has 0 unspecified atom stereocenters. The summed E-state index contributed by atoms with van der Waals surface area (Å²) in [7, 11) is 0. The first kappa shape index (κ1) is 23.2. The molecule has 3 heterocycles. The second-order valence-electron chi connectivity index (χ2n) is 12.1. The summed E-state index contributed by atoms with van der Waals surface area (Å²) in [4.78, 5) is 0. The maximum atomic E-state index is 2.58. The molecule has 0 saturated heterocycles. The lowest BCUT2D eigenvalue weighted by molar-refractivity contribution is 0.664. The van der Waals surface area contributed by atoms with Gasteiger partial charge in [0.05, 0.1) is 11.0 Å². The lowest BCUT2D eigenvalue weighted by Gasteiger charge is -2.24. The summed E-state index contributed by atoms with van der Waals surface area (Å²) in [6.45, 7) is 4.85. The van der Waals surface area contributed by atoms with Crippen molar-refractivity contribution in [2.75, 3.05) is 0 Å². The lowest BCUT2D eigenvalue weighted by atomic mass is 9.81. The van der Waals surface area contributed by atoms with Gasteiger partial charge in [-0.05, 0) is 53.1 Å². The third kappa shape index (κ3) is 2.74. The van der Waals surface area contributed by atoms with Crippen molar-refractivity contribution in [1.29, 1.82) is 0 Å². The van der Waals surface area contributed by atoms with E-state index < -0.39 is 0 Å². The van der Waals surface area contributed by atoms with Crippen LogP contribution >= 0.6 is 22.7 Å². The van der Waals surface area contributed by atoms with Crippen LogP contribution in [-0.2, 0) is 5.41 Å². The fourth-order valence-electron chi connectivity index (χ4n) is 7.80. The van der Waals surface area contributed by atoms with Gasteiger partial charge in [-0.1, -0.05) is 92.7 Å². The second-order valence-corrected chi connectivity index (χ2v) is 14.2. The molecule has 1 aliphatic carbocycles. The van der Waals surface area contributed by atoms with Gasteiger partial charge in [0.25, 0.3) is 0 Å². The standard InChI is InChI=1S/C39H25NS2/c1-39(2)28-15-7-3-12-24(28)35-36(39)37-33(34-26-14-6-10-18-31(26)42-38(34)35)25-13-4-8-16-29(25)40(37)22-19-20-32-27(21-22)23-11-5-9-17-30(23)41-32/h3-21H,1-2H3. The minimum absolute atomic E-state index is 0.139. The second kappa shape index (κ2) is 7.89. The molecular formula is C39H25NS2. The Morgan fingerprint density at radius 1 is 0.571 bits per heavy atom. The molecule has 42 heavy (non-hydrogen) atoms. The first-order valence-corrected chi connectivity index (χ1v) is 16.2. The molecule has 0 N–H and O–H groups in total. The summed E-state index contributed by atoms with van der Waals surface area (Å²) in [5, 5.41) is 8.13. The van der Waals surface area contributed by atoms with E-state index in [4.69, 9.17) is 0 Å². The molecule has 0 fully saturated rings. The van der Waals surface area contributed by atoms with Crippen molar-refractivity contribution in [3.05, 3.63) is 126 Å². The predicted octanol–water partition coefficient (Wildman–Crippen LogP) is 11.8. The van der Waals surface area contributed by atoms with Gasteiger partial charge < -0.3 is 4.57 Å². The van der Waals surface area contributed by atoms with Gasteiger partial charge in [-0.3, -0.25) is 0 Å². The van der Waals surface area contributed by atoms with E-state index in [1.807, 2.05) is 22.7 Å². The smallest absolute Gasteiger partial charge is 0.0595 e. The highest BCUT2D eigenvalue weighted by Gasteiger charge is 2.41. The summed E-state index contributed by atoms with van der Waals surface area (Å²) in [5.41, 5.74) is 9.37. The first-order valence-electron chi connectivity index (χ1n) is 14.5. The van der Waals surface area contributed by atoms with Crippen LogP contribution in [-0.4, -0.2) is 4.57 Å². The lowest BCUT2D eigenvalue weighted by Crippen LogP contribution is -2.16. The molecule has 0 amide bonds. The average Bonchev–Trinajstić information content (AvgIpc) is 3.74. The van der Waals surface area contributed by atoms with Gasteiger partial charge in [0, 0.05) is 67.8 Å². The van der Waals surface area contributed by atoms with Crippen molar-refractivity contribution in [2.24, 2.45) is 0 Å². The Morgan fingerprint density at radius 3 is 2.10 bits per heavy atom. The highest BCUT2D eigenvalue weighted by atomic mass is 32.1. The highest BCUT2D eigenvalue weighted by Crippen LogP contribution is 2.58. The summed E-state index contributed by atoms with van der Waals surface area (Å²) in [5.74, 6) is 0. The Hall–Kier alpha value is -4.44. The summed E-state index contributed by atoms with van der Waals surface area (Å²) in [6, 6.07) is 43.0. The number of hydrogen-bond donors (Lipinski definition) is 0. The van der Waals surface area contributed by atoms with Crippen LogP contribution < -0.4 is 0 Å². The van der Waals surface area contributed by atoms with E-state index >= 15 is 0 Å². The quantitative estimate of drug-likeness (QED) is 0.185. The Morgan fingerprint density at radius 2 is 1.24 bits per heavy atom. The summed E-state index contributed by atoms with van der Waals surface area (Å²) in [6.07, 6.45) is 0. The molecule has 1 nitrogen and oxygen atoms in total. The van der Waals surface area contributed by atoms with Crippen LogP contribution in [0.25, 0.3) is 79.0 Å². The minimum atomic E-state index is -0.139. The monoisotopic (exact) mass is 571 g/mol. The molecule has 3 heteroatoms. The van der Waals surface area contributed by atoms with Gasteiger partial charge in [0.2, 0.25) is 0 Å². The van der Waals surface area contributed by atoms with Gasteiger partial charge in [-0.2, -0.15) is 0 Å². The number of hydrogen-bond acceptors (Lipinski definition) is 2. The van der Waals surface area contributed by atoms with E-state index in [0.717, 1.165) is 0 Å². The first-order chi connectivity index (χ1) is 20.6. The van der Waals surface area contributed by atoms with Crippen LogP contribution in [0.1, 0.15) is 25.0 Å². The number of para-hydroxylation sites is 1. The zero-order valence-corrected chi connectivity index (χ0v) is 24.9. The van der Waals surface area contributed by atoms with E-state index in [1.165, 1.54) is 90.1 Å². The SMILES string of the molecule is CC1(C)c2ccccc2-c2c1c1c(c3ccccc3n1-c1ccc3sc4ccccc4c3c1)c1c2sc2ccccc21. The Bertz CT molecular complexity index is 2610. The molecule has 10 rings (SSSR count). The third-order valence-electron chi connectivity index (χ3n) is 9.55. The van der Waals surface area contributed by atoms with Crippen molar-refractivity contribution in [3.63, 3.8) is 0 Å². The molecular weight excluding hydrogens is 547 g/mol. The molecule has 0 atom stereocenters. The Balaban J connectivity index is 1.49. The number of rotatable bonds is 1. The number of thiophene rings is 2. The number of fused-ring (bicyclic) bond motifs is 15. The number of aromatic nitrogens is 1. The topological polar surface area (TPSA) is 4.93 Å². The van der Waals surface area contributed by atoms with Crippen molar-refractivity contribution in [1.82, 2.24) is 4.57 Å². The third-order valence-corrected chi connectivity index (χ3v) is 11.9. The molecule has 3 aromatic heterocycles. The molecule has 198 valence electrons. The van der Waals surface area contributed by atoms with Crippen molar-refractivity contribution in [3.8, 4) is 16.8 Å². The van der Waals surface area contributed by atoms with Crippen molar-refractivity contribution < 1.29 is 0 Å². The zero-order valence-electron chi connectivity index (χ0n) is 23.2. The molecule has 9 aromatic rings. The fraction of sp³-hybridized carbons (Fsp3) is 0.0769. The fourth-order valence-corrected chi connectivity index (χ4v) is 10.2. The Kier molecular flexibility index (Phi) is 4.35. The Labute approximate surface area is 250 Å². The van der Waals surface area contributed by atoms with Gasteiger partial charge in [-0.15, -0.1) is 22.7 Å². The van der Waals surface area contributed by atoms with Crippen LogP contribution in [0.4, 0.5) is 0 Å². The van der Waals surface area contributed by atoms with E-state index in [9.17, 15) is 0 Å². The number of nitrogens with zero attached hydrogens (tertiary/aromatic N) is 1. The van der Waals surface area contributed by atoms with Crippen LogP contribution in [0.2, 0.25) is 0 Å². The van der Waals surface area contributed by atoms with Crippen LogP contribution in [0.15, 0.2) is 115 Å². The maximum absolute atomic E-state index is 2.58. The largest absolute Gasteiger partial charge is 0.309 e. The van der Waals surface area contributed by atoms with Crippen molar-refractivity contribution >= 4 is 84.8 Å². The van der Waals surface area contributed by atoms with Gasteiger partial charge in [-0.25, -0.2) is 0 Å². The van der Waals surface area contributed by atoms with E-state index in [-0.39, 0.29) is 5.41 Å². The highest BCUT2D eigenvalue weighted by molar-refractivity contribution is 7.26. The van der Waals surface area contributed by atoms with Gasteiger partial charge in [0.1, 0.15) is 0 Å². The normalized spacial score (nSPS) is 14.1. The maximum Gasteiger partial charge on any atom is 0.0595 e. The summed E-state index contributed by atoms with van der Waals surface area (Å²) < 4.78 is 8.03. The van der Waals surface area contributed by atoms with Crippen LogP contribution in [0, 0.1) is 0 Å². The molecule has 0 saturated carbocycles. The molecule has 6 aromatic carbocycles. The molecule has 0 aliphatic heterocycles.